The lowest BCUT2D eigenvalue weighted by Crippen LogP contribution is -2.48. The van der Waals surface area contributed by atoms with Crippen molar-refractivity contribution in [3.63, 3.8) is 0 Å². The highest BCUT2D eigenvalue weighted by Gasteiger charge is 2.31. The maximum atomic E-state index is 14.3. The Morgan fingerprint density at radius 3 is 2.49 bits per heavy atom. The summed E-state index contributed by atoms with van der Waals surface area (Å²) in [7, 11) is 1.75. The SMILES string of the molecule is C[C@H]1CCCCO[C@@H](CN(C)C(=O)c2ccncc2)[C@@H](C)CN([C@@H](C)CO)C(=O)c2cc(NC(=O)C3CCCCC3)ccc2O1. The number of nitrogens with zero attached hydrogens (tertiary/aromatic N) is 3. The predicted octanol–water partition coefficient (Wildman–Crippen LogP) is 5.17. The number of amides is 3. The molecule has 1 aromatic carbocycles. The standard InChI is InChI=1S/C35H50N4O6/c1-24-21-39(25(2)23-40)35(43)30-20-29(37-33(41)27-11-6-5-7-12-27)13-14-31(30)45-26(3)10-8-9-19-44-32(24)22-38(4)34(42)28-15-17-36-18-16-28/h13-18,20,24-27,32,40H,5-12,19,21-23H2,1-4H3,(H,37,41)/t24-,25-,26-,32-/m0/s1. The van der Waals surface area contributed by atoms with Gasteiger partial charge in [-0.05, 0) is 76.3 Å². The van der Waals surface area contributed by atoms with Gasteiger partial charge in [-0.25, -0.2) is 0 Å². The molecule has 246 valence electrons. The Hall–Kier alpha value is -3.50. The lowest BCUT2D eigenvalue weighted by atomic mass is 9.88. The summed E-state index contributed by atoms with van der Waals surface area (Å²) in [6.45, 7) is 6.71. The molecule has 1 fully saturated rings. The van der Waals surface area contributed by atoms with Crippen molar-refractivity contribution < 1.29 is 29.0 Å². The van der Waals surface area contributed by atoms with Gasteiger partial charge in [-0.3, -0.25) is 19.4 Å². The molecule has 0 spiro atoms. The third-order valence-corrected chi connectivity index (χ3v) is 9.02. The number of rotatable bonds is 7. The number of carbonyl (C=O) groups excluding carboxylic acids is 3. The second-order valence-electron chi connectivity index (χ2n) is 12.8. The van der Waals surface area contributed by atoms with Gasteiger partial charge in [-0.1, -0.05) is 26.2 Å². The van der Waals surface area contributed by atoms with Gasteiger partial charge in [0.05, 0.1) is 30.4 Å². The summed E-state index contributed by atoms with van der Waals surface area (Å²) in [6, 6.07) is 8.15. The molecule has 0 bridgehead atoms. The van der Waals surface area contributed by atoms with Gasteiger partial charge in [0.15, 0.2) is 0 Å². The van der Waals surface area contributed by atoms with Crippen LogP contribution < -0.4 is 10.1 Å². The number of aliphatic hydroxyl groups excluding tert-OH is 1. The first-order valence-corrected chi connectivity index (χ1v) is 16.5. The number of fused-ring (bicyclic) bond motifs is 1. The Kier molecular flexibility index (Phi) is 12.8. The van der Waals surface area contributed by atoms with Crippen molar-refractivity contribution in [2.24, 2.45) is 11.8 Å². The molecule has 45 heavy (non-hydrogen) atoms. The van der Waals surface area contributed by atoms with Crippen LogP contribution in [0.15, 0.2) is 42.7 Å². The number of aromatic nitrogens is 1. The molecule has 3 amide bonds. The molecule has 2 heterocycles. The highest BCUT2D eigenvalue weighted by molar-refractivity contribution is 6.00. The summed E-state index contributed by atoms with van der Waals surface area (Å²) in [4.78, 5) is 47.8. The molecule has 1 aliphatic heterocycles. The summed E-state index contributed by atoms with van der Waals surface area (Å²) >= 11 is 0. The van der Waals surface area contributed by atoms with E-state index in [1.807, 2.05) is 13.8 Å². The number of aliphatic hydroxyl groups is 1. The van der Waals surface area contributed by atoms with Crippen molar-refractivity contribution in [3.8, 4) is 5.75 Å². The summed E-state index contributed by atoms with van der Waals surface area (Å²) in [5.74, 6) is -0.179. The summed E-state index contributed by atoms with van der Waals surface area (Å²) < 4.78 is 12.7. The van der Waals surface area contributed by atoms with E-state index in [4.69, 9.17) is 9.47 Å². The van der Waals surface area contributed by atoms with Gasteiger partial charge in [0, 0.05) is 62.2 Å². The molecule has 0 unspecified atom stereocenters. The Morgan fingerprint density at radius 1 is 1.07 bits per heavy atom. The fourth-order valence-corrected chi connectivity index (χ4v) is 6.14. The molecule has 0 saturated heterocycles. The second-order valence-corrected chi connectivity index (χ2v) is 12.8. The molecule has 4 atom stereocenters. The third-order valence-electron chi connectivity index (χ3n) is 9.02. The second kappa shape index (κ2) is 16.7. The zero-order chi connectivity index (χ0) is 32.3. The summed E-state index contributed by atoms with van der Waals surface area (Å²) in [5.41, 5.74) is 1.44. The van der Waals surface area contributed by atoms with Crippen LogP contribution in [0.1, 0.15) is 92.9 Å². The van der Waals surface area contributed by atoms with Crippen molar-refractivity contribution in [2.45, 2.75) is 90.4 Å². The Balaban J connectivity index is 1.61. The number of benzene rings is 1. The number of hydrogen-bond donors (Lipinski definition) is 2. The van der Waals surface area contributed by atoms with Gasteiger partial charge in [-0.15, -0.1) is 0 Å². The van der Waals surface area contributed by atoms with Crippen LogP contribution in [0.2, 0.25) is 0 Å². The zero-order valence-electron chi connectivity index (χ0n) is 27.2. The van der Waals surface area contributed by atoms with Crippen molar-refractivity contribution in [2.75, 3.05) is 38.7 Å². The predicted molar refractivity (Wildman–Crippen MR) is 173 cm³/mol. The average Bonchev–Trinajstić information content (AvgIpc) is 3.06. The first kappa shape index (κ1) is 34.4. The summed E-state index contributed by atoms with van der Waals surface area (Å²) in [6.07, 6.45) is 10.2. The molecule has 10 nitrogen and oxygen atoms in total. The molecule has 0 radical (unpaired) electrons. The molecule has 4 rings (SSSR count). The highest BCUT2D eigenvalue weighted by atomic mass is 16.5. The van der Waals surface area contributed by atoms with E-state index in [1.165, 1.54) is 0 Å². The fraction of sp³-hybridized carbons (Fsp3) is 0.600. The van der Waals surface area contributed by atoms with Crippen molar-refractivity contribution >= 4 is 23.4 Å². The van der Waals surface area contributed by atoms with E-state index in [9.17, 15) is 19.5 Å². The zero-order valence-corrected chi connectivity index (χ0v) is 27.2. The fourth-order valence-electron chi connectivity index (χ4n) is 6.14. The van der Waals surface area contributed by atoms with E-state index in [-0.39, 0.29) is 54.9 Å². The van der Waals surface area contributed by atoms with E-state index < -0.39 is 6.04 Å². The van der Waals surface area contributed by atoms with Crippen molar-refractivity contribution in [1.82, 2.24) is 14.8 Å². The molecule has 2 N–H and O–H groups in total. The number of pyridine rings is 1. The topological polar surface area (TPSA) is 121 Å². The van der Waals surface area contributed by atoms with Gasteiger partial charge in [0.1, 0.15) is 5.75 Å². The minimum atomic E-state index is -0.490. The monoisotopic (exact) mass is 622 g/mol. The van der Waals surface area contributed by atoms with E-state index in [0.29, 0.717) is 35.7 Å². The van der Waals surface area contributed by atoms with Crippen molar-refractivity contribution in [1.29, 1.82) is 0 Å². The van der Waals surface area contributed by atoms with Crippen LogP contribution in [0.5, 0.6) is 5.75 Å². The maximum absolute atomic E-state index is 14.3. The molecule has 1 aliphatic carbocycles. The molecule has 10 heteroatoms. The van der Waals surface area contributed by atoms with Crippen molar-refractivity contribution in [3.05, 3.63) is 53.9 Å². The van der Waals surface area contributed by atoms with Gasteiger partial charge < -0.3 is 29.7 Å². The quantitative estimate of drug-likeness (QED) is 0.437. The van der Waals surface area contributed by atoms with E-state index in [2.05, 4.69) is 10.3 Å². The molecule has 2 aliphatic rings. The van der Waals surface area contributed by atoms with Crippen LogP contribution in [0.4, 0.5) is 5.69 Å². The summed E-state index contributed by atoms with van der Waals surface area (Å²) in [5, 5.41) is 13.3. The Bertz CT molecular complexity index is 1270. The van der Waals surface area contributed by atoms with Crippen LogP contribution >= 0.6 is 0 Å². The smallest absolute Gasteiger partial charge is 0.258 e. The average molecular weight is 623 g/mol. The van der Waals surface area contributed by atoms with Gasteiger partial charge in [0.2, 0.25) is 5.91 Å². The Labute approximate surface area is 267 Å². The largest absolute Gasteiger partial charge is 0.490 e. The number of nitrogens with one attached hydrogen (secondary N) is 1. The Morgan fingerprint density at radius 2 is 1.78 bits per heavy atom. The first-order valence-electron chi connectivity index (χ1n) is 16.5. The van der Waals surface area contributed by atoms with E-state index in [0.717, 1.165) is 51.4 Å². The van der Waals surface area contributed by atoms with Crippen LogP contribution in [0.3, 0.4) is 0 Å². The van der Waals surface area contributed by atoms with Crippen LogP contribution in [0, 0.1) is 11.8 Å². The number of hydrogen-bond acceptors (Lipinski definition) is 7. The third kappa shape index (κ3) is 9.50. The number of ether oxygens (including phenoxy) is 2. The minimum absolute atomic E-state index is 0.0168. The maximum Gasteiger partial charge on any atom is 0.258 e. The lowest BCUT2D eigenvalue weighted by molar-refractivity contribution is -0.120. The number of carbonyl (C=O) groups is 3. The van der Waals surface area contributed by atoms with E-state index >= 15 is 0 Å². The van der Waals surface area contributed by atoms with Gasteiger partial charge in [0.25, 0.3) is 11.8 Å². The van der Waals surface area contributed by atoms with Gasteiger partial charge in [-0.2, -0.15) is 0 Å². The number of anilines is 1. The van der Waals surface area contributed by atoms with Crippen LogP contribution in [-0.2, 0) is 9.53 Å². The van der Waals surface area contributed by atoms with E-state index in [1.54, 1.807) is 66.5 Å². The molecular formula is C35H50N4O6. The highest BCUT2D eigenvalue weighted by Crippen LogP contribution is 2.30. The van der Waals surface area contributed by atoms with Gasteiger partial charge >= 0.3 is 0 Å². The number of likely N-dealkylation sites (N-methyl/N-ethyl adjacent to an activating group) is 1. The molecule has 1 aromatic heterocycles. The molecule has 1 saturated carbocycles. The molecular weight excluding hydrogens is 572 g/mol. The normalized spacial score (nSPS) is 22.8. The first-order chi connectivity index (χ1) is 21.7. The molecule has 2 aromatic rings. The minimum Gasteiger partial charge on any atom is -0.490 e. The van der Waals surface area contributed by atoms with Crippen LogP contribution in [-0.4, -0.2) is 89.2 Å². The lowest BCUT2D eigenvalue weighted by Gasteiger charge is -2.36. The van der Waals surface area contributed by atoms with Crippen LogP contribution in [0.25, 0.3) is 0 Å².